The number of carbonyl (C=O) groups excluding carboxylic acids is 2. The lowest BCUT2D eigenvalue weighted by Crippen LogP contribution is -2.45. The second-order valence-electron chi connectivity index (χ2n) is 6.24. The molecule has 0 aliphatic carbocycles. The summed E-state index contributed by atoms with van der Waals surface area (Å²) in [5, 5.41) is 15.2. The Morgan fingerprint density at radius 2 is 1.93 bits per heavy atom. The molecule has 2 aromatic rings. The van der Waals surface area contributed by atoms with Crippen molar-refractivity contribution in [3.8, 4) is 5.75 Å². The highest BCUT2D eigenvalue weighted by Crippen LogP contribution is 2.30. The molecule has 0 saturated carbocycles. The van der Waals surface area contributed by atoms with Crippen molar-refractivity contribution in [2.75, 3.05) is 6.61 Å². The third-order valence-corrected chi connectivity index (χ3v) is 4.40. The molecule has 1 heterocycles. The van der Waals surface area contributed by atoms with Crippen LogP contribution in [0.4, 0.5) is 4.79 Å². The number of phenolic OH excluding ortho intramolecular Hbond substituents is 1. The Bertz CT molecular complexity index is 861. The Balaban J connectivity index is 1.81. The van der Waals surface area contributed by atoms with E-state index in [1.807, 2.05) is 37.3 Å². The van der Waals surface area contributed by atoms with E-state index in [2.05, 4.69) is 10.6 Å². The van der Waals surface area contributed by atoms with Crippen molar-refractivity contribution >= 4 is 12.0 Å². The van der Waals surface area contributed by atoms with E-state index >= 15 is 0 Å². The van der Waals surface area contributed by atoms with Crippen LogP contribution in [0.5, 0.6) is 5.75 Å². The van der Waals surface area contributed by atoms with Crippen molar-refractivity contribution in [2.24, 2.45) is 0 Å². The summed E-state index contributed by atoms with van der Waals surface area (Å²) in [7, 11) is 0. The lowest BCUT2D eigenvalue weighted by molar-refractivity contribution is -0.139. The summed E-state index contributed by atoms with van der Waals surface area (Å²) in [5.41, 5.74) is 2.58. The summed E-state index contributed by atoms with van der Waals surface area (Å²) in [6.45, 7) is 2.10. The fourth-order valence-electron chi connectivity index (χ4n) is 3.08. The maximum atomic E-state index is 12.8. The van der Waals surface area contributed by atoms with Crippen molar-refractivity contribution in [3.63, 3.8) is 0 Å². The van der Waals surface area contributed by atoms with Gasteiger partial charge in [0.15, 0.2) is 0 Å². The molecule has 6 nitrogen and oxygen atoms in total. The lowest BCUT2D eigenvalue weighted by Gasteiger charge is -2.29. The van der Waals surface area contributed by atoms with E-state index in [1.165, 1.54) is 12.1 Å². The normalized spacial score (nSPS) is 16.5. The molecule has 0 spiro atoms. The fraction of sp³-hybridized carbons (Fsp3) is 0.238. The zero-order valence-corrected chi connectivity index (χ0v) is 15.1. The van der Waals surface area contributed by atoms with Crippen LogP contribution in [0.25, 0.3) is 0 Å². The van der Waals surface area contributed by atoms with Gasteiger partial charge in [0, 0.05) is 12.1 Å². The van der Waals surface area contributed by atoms with E-state index < -0.39 is 12.0 Å². The fourth-order valence-corrected chi connectivity index (χ4v) is 3.08. The number of hydrogen-bond acceptors (Lipinski definition) is 4. The molecule has 1 atom stereocenters. The molecular formula is C21H22N2O4. The van der Waals surface area contributed by atoms with Crippen molar-refractivity contribution in [3.05, 3.63) is 77.0 Å². The first-order valence-electron chi connectivity index (χ1n) is 8.89. The number of allylic oxidation sites excluding steroid dienone is 1. The second-order valence-corrected chi connectivity index (χ2v) is 6.24. The van der Waals surface area contributed by atoms with Crippen molar-refractivity contribution in [2.45, 2.75) is 25.8 Å². The number of aromatic hydroxyl groups is 1. The molecule has 140 valence electrons. The van der Waals surface area contributed by atoms with Gasteiger partial charge in [0.1, 0.15) is 5.75 Å². The number of ether oxygens (including phenoxy) is 1. The number of esters is 1. The highest BCUT2D eigenvalue weighted by atomic mass is 16.5. The molecular weight excluding hydrogens is 344 g/mol. The van der Waals surface area contributed by atoms with Crippen LogP contribution in [-0.2, 0) is 16.0 Å². The topological polar surface area (TPSA) is 87.7 Å². The monoisotopic (exact) mass is 366 g/mol. The molecule has 3 N–H and O–H groups in total. The minimum Gasteiger partial charge on any atom is -0.508 e. The number of amides is 2. The van der Waals surface area contributed by atoms with Gasteiger partial charge in [-0.25, -0.2) is 9.59 Å². The maximum Gasteiger partial charge on any atom is 0.338 e. The molecule has 0 aromatic heterocycles. The number of phenols is 1. The molecule has 0 bridgehead atoms. The molecule has 0 unspecified atom stereocenters. The van der Waals surface area contributed by atoms with Crippen LogP contribution in [0, 0.1) is 0 Å². The van der Waals surface area contributed by atoms with Gasteiger partial charge in [0.25, 0.3) is 0 Å². The first-order chi connectivity index (χ1) is 13.1. The third-order valence-electron chi connectivity index (χ3n) is 4.40. The number of benzene rings is 2. The van der Waals surface area contributed by atoms with Crippen LogP contribution in [0.15, 0.2) is 65.9 Å². The third kappa shape index (κ3) is 4.47. The summed E-state index contributed by atoms with van der Waals surface area (Å²) >= 11 is 0. The standard InChI is InChI=1S/C21H22N2O4/c1-2-17-18(20(25)27-12-11-14-7-4-3-5-8-14)19(23-21(26)22-17)15-9-6-10-16(24)13-15/h3-10,13,19,24H,2,11-12H2,1H3,(H2,22,23,26)/t19-/m0/s1. The molecule has 1 aliphatic heterocycles. The molecule has 2 amide bonds. The molecule has 6 heteroatoms. The Morgan fingerprint density at radius 1 is 1.15 bits per heavy atom. The van der Waals surface area contributed by atoms with Crippen LogP contribution >= 0.6 is 0 Å². The number of urea groups is 1. The Kier molecular flexibility index (Phi) is 5.76. The van der Waals surface area contributed by atoms with Gasteiger partial charge in [-0.3, -0.25) is 0 Å². The van der Waals surface area contributed by atoms with Gasteiger partial charge in [-0.15, -0.1) is 0 Å². The SMILES string of the molecule is CCC1=C(C(=O)OCCc2ccccc2)[C@H](c2cccc(O)c2)NC(=O)N1. The van der Waals surface area contributed by atoms with Crippen molar-refractivity contribution < 1.29 is 19.4 Å². The molecule has 0 saturated heterocycles. The quantitative estimate of drug-likeness (QED) is 0.685. The second kappa shape index (κ2) is 8.40. The van der Waals surface area contributed by atoms with E-state index in [4.69, 9.17) is 4.74 Å². The first kappa shape index (κ1) is 18.5. The summed E-state index contributed by atoms with van der Waals surface area (Å²) < 4.78 is 5.48. The average molecular weight is 366 g/mol. The Morgan fingerprint density at radius 3 is 2.63 bits per heavy atom. The molecule has 2 aromatic carbocycles. The molecule has 3 rings (SSSR count). The van der Waals surface area contributed by atoms with Gasteiger partial charge in [0.05, 0.1) is 18.2 Å². The van der Waals surface area contributed by atoms with Crippen LogP contribution in [0.3, 0.4) is 0 Å². The zero-order valence-electron chi connectivity index (χ0n) is 15.1. The summed E-state index contributed by atoms with van der Waals surface area (Å²) in [6.07, 6.45) is 1.09. The van der Waals surface area contributed by atoms with E-state index in [0.717, 1.165) is 5.56 Å². The van der Waals surface area contributed by atoms with E-state index in [9.17, 15) is 14.7 Å². The summed E-state index contributed by atoms with van der Waals surface area (Å²) in [5.74, 6) is -0.418. The summed E-state index contributed by atoms with van der Waals surface area (Å²) in [4.78, 5) is 24.8. The van der Waals surface area contributed by atoms with E-state index in [0.29, 0.717) is 29.7 Å². The summed E-state index contributed by atoms with van der Waals surface area (Å²) in [6, 6.07) is 15.2. The van der Waals surface area contributed by atoms with Gasteiger partial charge < -0.3 is 20.5 Å². The van der Waals surface area contributed by atoms with Crippen LogP contribution in [0.1, 0.15) is 30.5 Å². The highest BCUT2D eigenvalue weighted by molar-refractivity contribution is 5.95. The minimum atomic E-state index is -0.676. The minimum absolute atomic E-state index is 0.0649. The lowest BCUT2D eigenvalue weighted by atomic mass is 9.94. The zero-order chi connectivity index (χ0) is 19.2. The maximum absolute atomic E-state index is 12.8. The smallest absolute Gasteiger partial charge is 0.338 e. The van der Waals surface area contributed by atoms with Crippen LogP contribution in [0.2, 0.25) is 0 Å². The Labute approximate surface area is 157 Å². The number of nitrogens with one attached hydrogen (secondary N) is 2. The predicted molar refractivity (Wildman–Crippen MR) is 101 cm³/mol. The number of carbonyl (C=O) groups is 2. The Hall–Kier alpha value is -3.28. The molecule has 1 aliphatic rings. The van der Waals surface area contributed by atoms with Gasteiger partial charge in [-0.1, -0.05) is 49.4 Å². The molecule has 27 heavy (non-hydrogen) atoms. The number of hydrogen-bond donors (Lipinski definition) is 3. The van der Waals surface area contributed by atoms with Gasteiger partial charge in [-0.2, -0.15) is 0 Å². The average Bonchev–Trinajstić information content (AvgIpc) is 2.68. The molecule has 0 radical (unpaired) electrons. The van der Waals surface area contributed by atoms with Crippen molar-refractivity contribution in [1.82, 2.24) is 10.6 Å². The largest absolute Gasteiger partial charge is 0.508 e. The number of rotatable bonds is 6. The van der Waals surface area contributed by atoms with Crippen LogP contribution in [-0.4, -0.2) is 23.7 Å². The van der Waals surface area contributed by atoms with Crippen LogP contribution < -0.4 is 10.6 Å². The molecule has 0 fully saturated rings. The van der Waals surface area contributed by atoms with Gasteiger partial charge >= 0.3 is 12.0 Å². The van der Waals surface area contributed by atoms with E-state index in [1.54, 1.807) is 12.1 Å². The van der Waals surface area contributed by atoms with Gasteiger partial charge in [0.2, 0.25) is 0 Å². The van der Waals surface area contributed by atoms with E-state index in [-0.39, 0.29) is 18.4 Å². The predicted octanol–water partition coefficient (Wildman–Crippen LogP) is 3.20. The van der Waals surface area contributed by atoms with Gasteiger partial charge in [-0.05, 0) is 29.7 Å². The first-order valence-corrected chi connectivity index (χ1v) is 8.89. The highest BCUT2D eigenvalue weighted by Gasteiger charge is 2.33. The van der Waals surface area contributed by atoms with Crippen molar-refractivity contribution in [1.29, 1.82) is 0 Å².